The van der Waals surface area contributed by atoms with Crippen LogP contribution in [0.1, 0.15) is 0 Å². The highest BCUT2D eigenvalue weighted by molar-refractivity contribution is 14.1. The molecular formula is C15H13ClF2INO2S. The largest absolute Gasteiger partial charge is 0.483 e. The number of halogens is 4. The topological polar surface area (TPSA) is 31.2 Å². The Balaban J connectivity index is 2.49. The number of aromatic nitrogens is 1. The SMILES string of the molecule is CSCOc1ccc(-c2ccc(I)c(=O)n2CC(F)F)c(Cl)c1. The maximum atomic E-state index is 12.8. The van der Waals surface area contributed by atoms with Crippen LogP contribution in [0, 0.1) is 3.57 Å². The van der Waals surface area contributed by atoms with Gasteiger partial charge in [-0.15, -0.1) is 11.8 Å². The van der Waals surface area contributed by atoms with E-state index in [0.717, 1.165) is 4.57 Å². The van der Waals surface area contributed by atoms with E-state index >= 15 is 0 Å². The van der Waals surface area contributed by atoms with Gasteiger partial charge in [-0.25, -0.2) is 8.78 Å². The van der Waals surface area contributed by atoms with Crippen molar-refractivity contribution in [3.05, 3.63) is 49.3 Å². The minimum atomic E-state index is -2.63. The first kappa shape index (κ1) is 18.5. The summed E-state index contributed by atoms with van der Waals surface area (Å²) in [4.78, 5) is 12.2. The summed E-state index contributed by atoms with van der Waals surface area (Å²) in [7, 11) is 0. The third kappa shape index (κ3) is 4.60. The Hall–Kier alpha value is -0.800. The highest BCUT2D eigenvalue weighted by Gasteiger charge is 2.16. The van der Waals surface area contributed by atoms with Crippen molar-refractivity contribution in [2.75, 3.05) is 12.2 Å². The van der Waals surface area contributed by atoms with Crippen LogP contribution in [0.3, 0.4) is 0 Å². The molecule has 0 aliphatic heterocycles. The Morgan fingerprint density at radius 3 is 2.70 bits per heavy atom. The maximum absolute atomic E-state index is 12.8. The van der Waals surface area contributed by atoms with Gasteiger partial charge in [0.1, 0.15) is 11.7 Å². The molecule has 1 aromatic carbocycles. The molecule has 23 heavy (non-hydrogen) atoms. The molecule has 2 aromatic rings. The Morgan fingerprint density at radius 2 is 2.09 bits per heavy atom. The number of hydrogen-bond donors (Lipinski definition) is 0. The second-order valence-electron chi connectivity index (χ2n) is 4.57. The molecule has 0 saturated carbocycles. The van der Waals surface area contributed by atoms with E-state index in [9.17, 15) is 13.6 Å². The number of alkyl halides is 2. The lowest BCUT2D eigenvalue weighted by Crippen LogP contribution is -2.26. The number of thioether (sulfide) groups is 1. The average Bonchev–Trinajstić information content (AvgIpc) is 2.50. The Kier molecular flexibility index (Phi) is 6.72. The zero-order valence-electron chi connectivity index (χ0n) is 12.1. The van der Waals surface area contributed by atoms with Crippen molar-refractivity contribution in [3.63, 3.8) is 0 Å². The van der Waals surface area contributed by atoms with E-state index in [4.69, 9.17) is 16.3 Å². The van der Waals surface area contributed by atoms with Crippen LogP contribution in [-0.2, 0) is 6.54 Å². The molecule has 0 radical (unpaired) electrons. The molecule has 0 aliphatic carbocycles. The molecule has 0 amide bonds. The lowest BCUT2D eigenvalue weighted by Gasteiger charge is -2.15. The summed E-state index contributed by atoms with van der Waals surface area (Å²) in [5, 5.41) is 0.340. The number of pyridine rings is 1. The van der Waals surface area contributed by atoms with Gasteiger partial charge in [0.25, 0.3) is 12.0 Å². The third-order valence-electron chi connectivity index (χ3n) is 3.01. The first-order valence-electron chi connectivity index (χ1n) is 6.53. The third-order valence-corrected chi connectivity index (χ3v) is 4.50. The van der Waals surface area contributed by atoms with Crippen molar-refractivity contribution < 1.29 is 13.5 Å². The fraction of sp³-hybridized carbons (Fsp3) is 0.267. The summed E-state index contributed by atoms with van der Waals surface area (Å²) in [6.07, 6.45) is -0.725. The standard InChI is InChI=1S/C15H13ClF2INO2S/c1-23-8-22-9-2-3-10(11(16)6-9)13-5-4-12(19)15(21)20(13)7-14(17)18/h2-6,14H,7-8H2,1H3. The van der Waals surface area contributed by atoms with E-state index in [1.807, 2.05) is 28.8 Å². The molecule has 1 aromatic heterocycles. The van der Waals surface area contributed by atoms with Crippen LogP contribution in [0.5, 0.6) is 5.75 Å². The fourth-order valence-corrected chi connectivity index (χ4v) is 3.02. The number of hydrogen-bond acceptors (Lipinski definition) is 3. The van der Waals surface area contributed by atoms with Crippen LogP contribution < -0.4 is 10.3 Å². The quantitative estimate of drug-likeness (QED) is 0.451. The smallest absolute Gasteiger partial charge is 0.264 e. The van der Waals surface area contributed by atoms with Crippen molar-refractivity contribution in [1.29, 1.82) is 0 Å². The predicted octanol–water partition coefficient (Wildman–Crippen LogP) is 4.74. The Labute approximate surface area is 155 Å². The molecule has 0 saturated heterocycles. The minimum absolute atomic E-state index is 0.340. The van der Waals surface area contributed by atoms with Gasteiger partial charge < -0.3 is 9.30 Å². The monoisotopic (exact) mass is 471 g/mol. The van der Waals surface area contributed by atoms with E-state index in [1.54, 1.807) is 30.3 Å². The molecule has 0 spiro atoms. The lowest BCUT2D eigenvalue weighted by molar-refractivity contribution is 0.125. The van der Waals surface area contributed by atoms with E-state index in [1.165, 1.54) is 11.8 Å². The van der Waals surface area contributed by atoms with Crippen molar-refractivity contribution in [2.24, 2.45) is 0 Å². The van der Waals surface area contributed by atoms with Crippen molar-refractivity contribution >= 4 is 46.0 Å². The van der Waals surface area contributed by atoms with Gasteiger partial charge in [0.2, 0.25) is 0 Å². The normalized spacial score (nSPS) is 11.0. The highest BCUT2D eigenvalue weighted by Crippen LogP contribution is 2.31. The van der Waals surface area contributed by atoms with Gasteiger partial charge in [0.05, 0.1) is 20.8 Å². The van der Waals surface area contributed by atoms with Crippen LogP contribution in [0.2, 0.25) is 5.02 Å². The number of ether oxygens (including phenoxy) is 1. The molecule has 0 N–H and O–H groups in total. The zero-order chi connectivity index (χ0) is 17.0. The molecule has 1 heterocycles. The van der Waals surface area contributed by atoms with E-state index in [0.29, 0.717) is 31.5 Å². The molecule has 0 bridgehead atoms. The Morgan fingerprint density at radius 1 is 1.35 bits per heavy atom. The molecule has 0 fully saturated rings. The molecule has 0 unspecified atom stereocenters. The molecule has 124 valence electrons. The first-order chi connectivity index (χ1) is 10.9. The van der Waals surface area contributed by atoms with Crippen LogP contribution in [-0.4, -0.2) is 23.2 Å². The first-order valence-corrected chi connectivity index (χ1v) is 9.38. The second-order valence-corrected chi connectivity index (χ2v) is 6.95. The van der Waals surface area contributed by atoms with Crippen molar-refractivity contribution in [3.8, 4) is 17.0 Å². The summed E-state index contributed by atoms with van der Waals surface area (Å²) in [5.41, 5.74) is 0.414. The number of nitrogens with zero attached hydrogens (tertiary/aromatic N) is 1. The number of rotatable bonds is 6. The summed E-state index contributed by atoms with van der Waals surface area (Å²) in [5.74, 6) is 1.07. The fourth-order valence-electron chi connectivity index (χ4n) is 2.03. The second kappa shape index (κ2) is 8.34. The van der Waals surface area contributed by atoms with Crippen molar-refractivity contribution in [1.82, 2.24) is 4.57 Å². The molecule has 0 atom stereocenters. The van der Waals surface area contributed by atoms with E-state index in [2.05, 4.69) is 0 Å². The van der Waals surface area contributed by atoms with Gasteiger partial charge >= 0.3 is 0 Å². The molecular weight excluding hydrogens is 459 g/mol. The van der Waals surface area contributed by atoms with Crippen LogP contribution in [0.4, 0.5) is 8.78 Å². The summed E-state index contributed by atoms with van der Waals surface area (Å²) in [6, 6.07) is 8.19. The molecule has 8 heteroatoms. The van der Waals surface area contributed by atoms with Gasteiger partial charge in [0.15, 0.2) is 0 Å². The highest BCUT2D eigenvalue weighted by atomic mass is 127. The van der Waals surface area contributed by atoms with Crippen LogP contribution in [0.15, 0.2) is 35.1 Å². The van der Waals surface area contributed by atoms with Gasteiger partial charge in [0, 0.05) is 5.56 Å². The van der Waals surface area contributed by atoms with Gasteiger partial charge in [-0.3, -0.25) is 4.79 Å². The average molecular weight is 472 g/mol. The van der Waals surface area contributed by atoms with Crippen molar-refractivity contribution in [2.45, 2.75) is 13.0 Å². The summed E-state index contributed by atoms with van der Waals surface area (Å²) in [6.45, 7) is -0.675. The zero-order valence-corrected chi connectivity index (χ0v) is 15.8. The summed E-state index contributed by atoms with van der Waals surface area (Å²) >= 11 is 9.60. The minimum Gasteiger partial charge on any atom is -0.483 e. The predicted molar refractivity (Wildman–Crippen MR) is 98.9 cm³/mol. The lowest BCUT2D eigenvalue weighted by atomic mass is 10.1. The van der Waals surface area contributed by atoms with Gasteiger partial charge in [-0.1, -0.05) is 11.6 Å². The maximum Gasteiger partial charge on any atom is 0.264 e. The molecule has 3 nitrogen and oxygen atoms in total. The molecule has 0 aliphatic rings. The van der Waals surface area contributed by atoms with Gasteiger partial charge in [-0.2, -0.15) is 0 Å². The summed E-state index contributed by atoms with van der Waals surface area (Å²) < 4.78 is 32.5. The van der Waals surface area contributed by atoms with Gasteiger partial charge in [-0.05, 0) is 59.2 Å². The number of benzene rings is 1. The van der Waals surface area contributed by atoms with Crippen LogP contribution >= 0.6 is 46.0 Å². The molecule has 2 rings (SSSR count). The Bertz CT molecular complexity index is 755. The van der Waals surface area contributed by atoms with E-state index < -0.39 is 18.5 Å². The van der Waals surface area contributed by atoms with Crippen LogP contribution in [0.25, 0.3) is 11.3 Å². The van der Waals surface area contributed by atoms with E-state index in [-0.39, 0.29) is 0 Å².